The summed E-state index contributed by atoms with van der Waals surface area (Å²) in [5, 5.41) is 3.45. The highest BCUT2D eigenvalue weighted by atomic mass is 79.9. The van der Waals surface area contributed by atoms with Crippen molar-refractivity contribution in [1.29, 1.82) is 0 Å². The second-order valence-electron chi connectivity index (χ2n) is 4.55. The lowest BCUT2D eigenvalue weighted by Crippen LogP contribution is -2.15. The van der Waals surface area contributed by atoms with Gasteiger partial charge in [0.05, 0.1) is 18.2 Å². The van der Waals surface area contributed by atoms with E-state index >= 15 is 0 Å². The van der Waals surface area contributed by atoms with Gasteiger partial charge in [-0.05, 0) is 53.4 Å². The van der Waals surface area contributed by atoms with E-state index in [1.807, 2.05) is 19.1 Å². The van der Waals surface area contributed by atoms with Crippen molar-refractivity contribution in [2.24, 2.45) is 0 Å². The van der Waals surface area contributed by atoms with Gasteiger partial charge < -0.3 is 14.8 Å². The Morgan fingerprint density at radius 2 is 2.21 bits per heavy atom. The molecule has 0 amide bonds. The highest BCUT2D eigenvalue weighted by Crippen LogP contribution is 2.36. The van der Waals surface area contributed by atoms with Gasteiger partial charge >= 0.3 is 0 Å². The predicted octanol–water partition coefficient (Wildman–Crippen LogP) is 3.62. The van der Waals surface area contributed by atoms with Gasteiger partial charge in [0.2, 0.25) is 0 Å². The van der Waals surface area contributed by atoms with Crippen molar-refractivity contribution in [2.75, 3.05) is 20.3 Å². The molecule has 0 aromatic heterocycles. The molecule has 1 aliphatic carbocycles. The van der Waals surface area contributed by atoms with E-state index in [-0.39, 0.29) is 0 Å². The maximum Gasteiger partial charge on any atom is 0.175 e. The van der Waals surface area contributed by atoms with Crippen LogP contribution in [0.2, 0.25) is 0 Å². The van der Waals surface area contributed by atoms with Crippen molar-refractivity contribution in [3.8, 4) is 11.5 Å². The molecule has 1 saturated carbocycles. The van der Waals surface area contributed by atoms with Crippen molar-refractivity contribution in [3.63, 3.8) is 0 Å². The fraction of sp³-hybridized carbons (Fsp3) is 0.467. The molecule has 0 heterocycles. The first kappa shape index (κ1) is 14.4. The molecule has 19 heavy (non-hydrogen) atoms. The average molecular weight is 326 g/mol. The molecule has 0 spiro atoms. The molecule has 3 nitrogen and oxygen atoms in total. The van der Waals surface area contributed by atoms with Gasteiger partial charge in [-0.2, -0.15) is 0 Å². The Morgan fingerprint density at radius 3 is 2.84 bits per heavy atom. The Hall–Kier alpha value is -1.00. The van der Waals surface area contributed by atoms with E-state index in [0.717, 1.165) is 34.1 Å². The molecule has 0 saturated heterocycles. The summed E-state index contributed by atoms with van der Waals surface area (Å²) in [6.07, 6.45) is 6.87. The minimum Gasteiger partial charge on any atom is -0.493 e. The second-order valence-corrected chi connectivity index (χ2v) is 5.41. The first-order valence-electron chi connectivity index (χ1n) is 6.64. The number of nitrogens with one attached hydrogen (secondary N) is 1. The molecule has 1 aromatic carbocycles. The van der Waals surface area contributed by atoms with Crippen molar-refractivity contribution < 1.29 is 9.47 Å². The Morgan fingerprint density at radius 1 is 1.42 bits per heavy atom. The van der Waals surface area contributed by atoms with Crippen LogP contribution in [0, 0.1) is 0 Å². The minimum atomic E-state index is 0.620. The van der Waals surface area contributed by atoms with Crippen LogP contribution < -0.4 is 14.8 Å². The molecule has 4 heteroatoms. The van der Waals surface area contributed by atoms with Crippen LogP contribution in [0.5, 0.6) is 11.5 Å². The van der Waals surface area contributed by atoms with Gasteiger partial charge in [-0.1, -0.05) is 12.2 Å². The third kappa shape index (κ3) is 4.25. The van der Waals surface area contributed by atoms with Gasteiger partial charge in [-0.15, -0.1) is 0 Å². The lowest BCUT2D eigenvalue weighted by Gasteiger charge is -2.12. The largest absolute Gasteiger partial charge is 0.493 e. The molecule has 1 aliphatic rings. The van der Waals surface area contributed by atoms with Crippen molar-refractivity contribution in [3.05, 3.63) is 28.2 Å². The number of hydrogen-bond donors (Lipinski definition) is 1. The monoisotopic (exact) mass is 325 g/mol. The van der Waals surface area contributed by atoms with E-state index < -0.39 is 0 Å². The standard InChI is InChI=1S/C15H20BrNO2/c1-3-19-15-13(16)9-11(10-14(15)18-2)5-4-8-17-12-6-7-12/h4-5,9-10,12,17H,3,6-8H2,1-2H3. The number of hydrogen-bond acceptors (Lipinski definition) is 3. The summed E-state index contributed by atoms with van der Waals surface area (Å²) in [6.45, 7) is 3.50. The zero-order chi connectivity index (χ0) is 13.7. The highest BCUT2D eigenvalue weighted by Gasteiger charge is 2.18. The average Bonchev–Trinajstić information content (AvgIpc) is 3.21. The molecule has 0 aliphatic heterocycles. The summed E-state index contributed by atoms with van der Waals surface area (Å²) >= 11 is 3.53. The van der Waals surface area contributed by atoms with E-state index in [2.05, 4.69) is 33.4 Å². The van der Waals surface area contributed by atoms with Crippen LogP contribution in [0.15, 0.2) is 22.7 Å². The molecule has 1 N–H and O–H groups in total. The Balaban J connectivity index is 2.05. The Bertz CT molecular complexity index is 456. The summed E-state index contributed by atoms with van der Waals surface area (Å²) in [7, 11) is 1.66. The summed E-state index contributed by atoms with van der Waals surface area (Å²) < 4.78 is 11.9. The number of benzene rings is 1. The summed E-state index contributed by atoms with van der Waals surface area (Å²) in [6, 6.07) is 4.77. The van der Waals surface area contributed by atoms with E-state index in [4.69, 9.17) is 9.47 Å². The van der Waals surface area contributed by atoms with Gasteiger partial charge in [0.1, 0.15) is 0 Å². The van der Waals surface area contributed by atoms with Crippen LogP contribution >= 0.6 is 15.9 Å². The normalized spacial score (nSPS) is 14.9. The molecule has 104 valence electrons. The Kier molecular flexibility index (Phi) is 5.28. The summed E-state index contributed by atoms with van der Waals surface area (Å²) in [5.74, 6) is 1.52. The van der Waals surface area contributed by atoms with E-state index in [1.165, 1.54) is 12.8 Å². The third-order valence-corrected chi connectivity index (χ3v) is 3.54. The smallest absolute Gasteiger partial charge is 0.175 e. The van der Waals surface area contributed by atoms with Gasteiger partial charge in [-0.25, -0.2) is 0 Å². The van der Waals surface area contributed by atoms with Crippen molar-refractivity contribution in [1.82, 2.24) is 5.32 Å². The van der Waals surface area contributed by atoms with Gasteiger partial charge in [0.25, 0.3) is 0 Å². The van der Waals surface area contributed by atoms with Crippen LogP contribution in [-0.4, -0.2) is 26.3 Å². The molecule has 0 unspecified atom stereocenters. The van der Waals surface area contributed by atoms with Crippen LogP contribution in [0.1, 0.15) is 25.3 Å². The molecule has 2 rings (SSSR count). The zero-order valence-corrected chi connectivity index (χ0v) is 13.0. The first-order valence-corrected chi connectivity index (χ1v) is 7.44. The fourth-order valence-electron chi connectivity index (χ4n) is 1.84. The molecule has 0 radical (unpaired) electrons. The number of rotatable bonds is 7. The quantitative estimate of drug-likeness (QED) is 0.830. The molecule has 1 aromatic rings. The molecule has 1 fully saturated rings. The van der Waals surface area contributed by atoms with Crippen molar-refractivity contribution in [2.45, 2.75) is 25.8 Å². The molecule has 0 bridgehead atoms. The number of ether oxygens (including phenoxy) is 2. The van der Waals surface area contributed by atoms with Crippen LogP contribution in [0.3, 0.4) is 0 Å². The SMILES string of the molecule is CCOc1c(Br)cc(C=CCNC2CC2)cc1OC. The van der Waals surface area contributed by atoms with Crippen LogP contribution in [0.4, 0.5) is 0 Å². The molecule has 0 atom stereocenters. The van der Waals surface area contributed by atoms with Gasteiger partial charge in [0.15, 0.2) is 11.5 Å². The second kappa shape index (κ2) is 6.96. The molecular formula is C15H20BrNO2. The maximum absolute atomic E-state index is 5.57. The van der Waals surface area contributed by atoms with Crippen molar-refractivity contribution >= 4 is 22.0 Å². The van der Waals surface area contributed by atoms with E-state index in [1.54, 1.807) is 7.11 Å². The van der Waals surface area contributed by atoms with E-state index in [0.29, 0.717) is 6.61 Å². The first-order chi connectivity index (χ1) is 9.24. The molecular weight excluding hydrogens is 306 g/mol. The highest BCUT2D eigenvalue weighted by molar-refractivity contribution is 9.10. The fourth-order valence-corrected chi connectivity index (χ4v) is 2.41. The maximum atomic E-state index is 5.57. The third-order valence-electron chi connectivity index (χ3n) is 2.95. The lowest BCUT2D eigenvalue weighted by molar-refractivity contribution is 0.309. The van der Waals surface area contributed by atoms with Gasteiger partial charge in [-0.3, -0.25) is 0 Å². The van der Waals surface area contributed by atoms with E-state index in [9.17, 15) is 0 Å². The van der Waals surface area contributed by atoms with Crippen LogP contribution in [0.25, 0.3) is 6.08 Å². The summed E-state index contributed by atoms with van der Waals surface area (Å²) in [4.78, 5) is 0. The minimum absolute atomic E-state index is 0.620. The van der Waals surface area contributed by atoms with Crippen LogP contribution in [-0.2, 0) is 0 Å². The summed E-state index contributed by atoms with van der Waals surface area (Å²) in [5.41, 5.74) is 1.10. The predicted molar refractivity (Wildman–Crippen MR) is 81.9 cm³/mol. The topological polar surface area (TPSA) is 30.5 Å². The lowest BCUT2D eigenvalue weighted by atomic mass is 10.2. The van der Waals surface area contributed by atoms with Gasteiger partial charge in [0, 0.05) is 12.6 Å². The zero-order valence-electron chi connectivity index (χ0n) is 11.4. The number of methoxy groups -OCH3 is 1. The number of halogens is 1. The Labute approximate surface area is 123 Å².